The lowest BCUT2D eigenvalue weighted by atomic mass is 10.1. The van der Waals surface area contributed by atoms with Crippen molar-refractivity contribution in [1.82, 2.24) is 4.90 Å². The number of carbonyl (C=O) groups excluding carboxylic acids is 1. The van der Waals surface area contributed by atoms with E-state index in [1.165, 1.54) is 18.4 Å². The van der Waals surface area contributed by atoms with Gasteiger partial charge in [-0.3, -0.25) is 4.79 Å². The molecule has 0 saturated carbocycles. The van der Waals surface area contributed by atoms with Crippen LogP contribution >= 0.6 is 0 Å². The quantitative estimate of drug-likeness (QED) is 0.850. The molecule has 106 valence electrons. The van der Waals surface area contributed by atoms with E-state index in [0.717, 1.165) is 17.8 Å². The van der Waals surface area contributed by atoms with Gasteiger partial charge < -0.3 is 10.2 Å². The van der Waals surface area contributed by atoms with Crippen molar-refractivity contribution in [3.05, 3.63) is 29.3 Å². The van der Waals surface area contributed by atoms with Gasteiger partial charge in [-0.25, -0.2) is 0 Å². The van der Waals surface area contributed by atoms with E-state index in [-0.39, 0.29) is 5.91 Å². The van der Waals surface area contributed by atoms with Crippen LogP contribution in [0.15, 0.2) is 18.2 Å². The largest absolute Gasteiger partial charge is 0.385 e. The average Bonchev–Trinajstić information content (AvgIpc) is 2.37. The highest BCUT2D eigenvalue weighted by Crippen LogP contribution is 2.18. The fourth-order valence-corrected chi connectivity index (χ4v) is 2.08. The lowest BCUT2D eigenvalue weighted by molar-refractivity contribution is 0.0827. The first-order chi connectivity index (χ1) is 8.95. The summed E-state index contributed by atoms with van der Waals surface area (Å²) < 4.78 is 0. The number of nitrogens with one attached hydrogen (secondary N) is 1. The van der Waals surface area contributed by atoms with Crippen LogP contribution in [0, 0.1) is 12.8 Å². The molecule has 1 amide bonds. The van der Waals surface area contributed by atoms with Gasteiger partial charge in [0.1, 0.15) is 0 Å². The Bertz CT molecular complexity index is 427. The maximum atomic E-state index is 11.9. The predicted octanol–water partition coefficient (Wildman–Crippen LogP) is 3.54. The van der Waals surface area contributed by atoms with Gasteiger partial charge in [0.05, 0.1) is 0 Å². The molecular weight excluding hydrogens is 236 g/mol. The van der Waals surface area contributed by atoms with Gasteiger partial charge in [-0.2, -0.15) is 0 Å². The molecule has 1 atom stereocenters. The second kappa shape index (κ2) is 7.17. The van der Waals surface area contributed by atoms with Crippen molar-refractivity contribution >= 4 is 11.6 Å². The Kier molecular flexibility index (Phi) is 5.87. The van der Waals surface area contributed by atoms with Crippen LogP contribution in [0.5, 0.6) is 0 Å². The van der Waals surface area contributed by atoms with Gasteiger partial charge in [0, 0.05) is 31.9 Å². The number of amides is 1. The average molecular weight is 262 g/mol. The highest BCUT2D eigenvalue weighted by molar-refractivity contribution is 5.95. The van der Waals surface area contributed by atoms with Crippen LogP contribution in [-0.4, -0.2) is 31.4 Å². The molecule has 1 aromatic rings. The third-order valence-electron chi connectivity index (χ3n) is 3.31. The summed E-state index contributed by atoms with van der Waals surface area (Å²) in [4.78, 5) is 13.6. The minimum atomic E-state index is 0.0460. The molecule has 1 aromatic carbocycles. The smallest absolute Gasteiger partial charge is 0.253 e. The third kappa shape index (κ3) is 4.58. The summed E-state index contributed by atoms with van der Waals surface area (Å²) in [7, 11) is 3.55. The zero-order valence-corrected chi connectivity index (χ0v) is 12.8. The zero-order chi connectivity index (χ0) is 14.4. The summed E-state index contributed by atoms with van der Waals surface area (Å²) in [5, 5.41) is 3.46. The van der Waals surface area contributed by atoms with Gasteiger partial charge in [0.25, 0.3) is 5.91 Å². The monoisotopic (exact) mass is 262 g/mol. The molecule has 0 bridgehead atoms. The first kappa shape index (κ1) is 15.5. The first-order valence-electron chi connectivity index (χ1n) is 7.01. The molecule has 1 unspecified atom stereocenters. The number of rotatable bonds is 6. The zero-order valence-electron chi connectivity index (χ0n) is 12.8. The SMILES string of the molecule is CCCC(C)CNc1cc(C(=O)N(C)C)ccc1C. The van der Waals surface area contributed by atoms with Crippen LogP contribution in [-0.2, 0) is 0 Å². The van der Waals surface area contributed by atoms with Crippen LogP contribution in [0.2, 0.25) is 0 Å². The molecule has 0 saturated heterocycles. The fraction of sp³-hybridized carbons (Fsp3) is 0.562. The summed E-state index contributed by atoms with van der Waals surface area (Å²) in [5.74, 6) is 0.697. The van der Waals surface area contributed by atoms with Crippen molar-refractivity contribution in [3.63, 3.8) is 0 Å². The van der Waals surface area contributed by atoms with Gasteiger partial charge in [0.15, 0.2) is 0 Å². The van der Waals surface area contributed by atoms with Crippen molar-refractivity contribution in [3.8, 4) is 0 Å². The number of benzene rings is 1. The van der Waals surface area contributed by atoms with Gasteiger partial charge in [0.2, 0.25) is 0 Å². The Hall–Kier alpha value is -1.51. The van der Waals surface area contributed by atoms with Crippen molar-refractivity contribution in [2.24, 2.45) is 5.92 Å². The normalized spacial score (nSPS) is 12.1. The Morgan fingerprint density at radius 1 is 1.37 bits per heavy atom. The van der Waals surface area contributed by atoms with Gasteiger partial charge in [-0.1, -0.05) is 26.3 Å². The number of carbonyl (C=O) groups is 1. The molecule has 0 radical (unpaired) electrons. The van der Waals surface area contributed by atoms with E-state index in [1.807, 2.05) is 18.2 Å². The van der Waals surface area contributed by atoms with Gasteiger partial charge >= 0.3 is 0 Å². The van der Waals surface area contributed by atoms with Crippen molar-refractivity contribution in [1.29, 1.82) is 0 Å². The number of aryl methyl sites for hydroxylation is 1. The van der Waals surface area contributed by atoms with Crippen LogP contribution in [0.4, 0.5) is 5.69 Å². The second-order valence-electron chi connectivity index (χ2n) is 5.50. The molecule has 1 N–H and O–H groups in total. The summed E-state index contributed by atoms with van der Waals surface area (Å²) in [5.41, 5.74) is 2.98. The Balaban J connectivity index is 2.77. The Labute approximate surface area is 117 Å². The molecular formula is C16H26N2O. The van der Waals surface area contributed by atoms with E-state index in [1.54, 1.807) is 19.0 Å². The summed E-state index contributed by atoms with van der Waals surface area (Å²) in [6.07, 6.45) is 2.43. The molecule has 0 spiro atoms. The summed E-state index contributed by atoms with van der Waals surface area (Å²) >= 11 is 0. The van der Waals surface area contributed by atoms with E-state index < -0.39 is 0 Å². The van der Waals surface area contributed by atoms with Crippen LogP contribution in [0.25, 0.3) is 0 Å². The molecule has 3 heteroatoms. The van der Waals surface area contributed by atoms with Gasteiger partial charge in [-0.05, 0) is 37.0 Å². The van der Waals surface area contributed by atoms with E-state index in [0.29, 0.717) is 5.92 Å². The van der Waals surface area contributed by atoms with E-state index in [4.69, 9.17) is 0 Å². The predicted molar refractivity (Wildman–Crippen MR) is 81.8 cm³/mol. The minimum absolute atomic E-state index is 0.0460. The molecule has 0 fully saturated rings. The standard InChI is InChI=1S/C16H26N2O/c1-6-7-12(2)11-17-15-10-14(9-8-13(15)3)16(19)18(4)5/h8-10,12,17H,6-7,11H2,1-5H3. The van der Waals surface area contributed by atoms with E-state index >= 15 is 0 Å². The fourth-order valence-electron chi connectivity index (χ4n) is 2.08. The lowest BCUT2D eigenvalue weighted by Crippen LogP contribution is -2.22. The summed E-state index contributed by atoms with van der Waals surface area (Å²) in [6, 6.07) is 5.85. The number of hydrogen-bond acceptors (Lipinski definition) is 2. The molecule has 0 heterocycles. The van der Waals surface area contributed by atoms with Crippen LogP contribution < -0.4 is 5.32 Å². The molecule has 0 aliphatic carbocycles. The number of hydrogen-bond donors (Lipinski definition) is 1. The van der Waals surface area contributed by atoms with Crippen LogP contribution in [0.1, 0.15) is 42.6 Å². The number of anilines is 1. The molecule has 1 rings (SSSR count). The minimum Gasteiger partial charge on any atom is -0.385 e. The third-order valence-corrected chi connectivity index (χ3v) is 3.31. The molecule has 3 nitrogen and oxygen atoms in total. The first-order valence-corrected chi connectivity index (χ1v) is 7.01. The van der Waals surface area contributed by atoms with E-state index in [9.17, 15) is 4.79 Å². The second-order valence-corrected chi connectivity index (χ2v) is 5.50. The van der Waals surface area contributed by atoms with Crippen LogP contribution in [0.3, 0.4) is 0 Å². The molecule has 19 heavy (non-hydrogen) atoms. The van der Waals surface area contributed by atoms with Gasteiger partial charge in [-0.15, -0.1) is 0 Å². The van der Waals surface area contributed by atoms with Crippen molar-refractivity contribution in [2.75, 3.05) is 26.0 Å². The molecule has 0 aromatic heterocycles. The van der Waals surface area contributed by atoms with E-state index in [2.05, 4.69) is 26.1 Å². The highest BCUT2D eigenvalue weighted by Gasteiger charge is 2.10. The summed E-state index contributed by atoms with van der Waals surface area (Å²) in [6.45, 7) is 7.48. The lowest BCUT2D eigenvalue weighted by Gasteiger charge is -2.16. The topological polar surface area (TPSA) is 32.3 Å². The Morgan fingerprint density at radius 2 is 2.05 bits per heavy atom. The van der Waals surface area contributed by atoms with Crippen molar-refractivity contribution < 1.29 is 4.79 Å². The maximum absolute atomic E-state index is 11.9. The Morgan fingerprint density at radius 3 is 2.63 bits per heavy atom. The number of nitrogens with zero attached hydrogens (tertiary/aromatic N) is 1. The maximum Gasteiger partial charge on any atom is 0.253 e. The van der Waals surface area contributed by atoms with Crippen molar-refractivity contribution in [2.45, 2.75) is 33.6 Å². The molecule has 0 aliphatic heterocycles. The highest BCUT2D eigenvalue weighted by atomic mass is 16.2. The molecule has 0 aliphatic rings.